The van der Waals surface area contributed by atoms with Crippen molar-refractivity contribution >= 4 is 22.4 Å². The highest BCUT2D eigenvalue weighted by molar-refractivity contribution is 7.15. The van der Waals surface area contributed by atoms with Gasteiger partial charge in [-0.05, 0) is 19.1 Å². The summed E-state index contributed by atoms with van der Waals surface area (Å²) < 4.78 is 0. The second kappa shape index (κ2) is 4.18. The molecule has 0 fully saturated rings. The Labute approximate surface area is 91.0 Å². The van der Waals surface area contributed by atoms with E-state index < -0.39 is 0 Å². The van der Waals surface area contributed by atoms with Crippen LogP contribution in [0.15, 0.2) is 30.7 Å². The van der Waals surface area contributed by atoms with Crippen molar-refractivity contribution < 1.29 is 4.79 Å². The molecule has 5 heteroatoms. The zero-order valence-corrected chi connectivity index (χ0v) is 8.91. The number of aryl methyl sites for hydroxylation is 1. The Morgan fingerprint density at radius 1 is 1.47 bits per heavy atom. The fraction of sp³-hybridized carbons (Fsp3) is 0.100. The lowest BCUT2D eigenvalue weighted by atomic mass is 10.3. The maximum atomic E-state index is 11.6. The molecule has 2 rings (SSSR count). The van der Waals surface area contributed by atoms with Gasteiger partial charge in [-0.1, -0.05) is 0 Å². The van der Waals surface area contributed by atoms with Gasteiger partial charge in [-0.3, -0.25) is 15.1 Å². The number of rotatable bonds is 2. The second-order valence-electron chi connectivity index (χ2n) is 2.97. The number of nitrogens with zero attached hydrogens (tertiary/aromatic N) is 2. The molecule has 2 aromatic heterocycles. The predicted octanol–water partition coefficient (Wildman–Crippen LogP) is 2.10. The van der Waals surface area contributed by atoms with Gasteiger partial charge in [0, 0.05) is 23.5 Å². The van der Waals surface area contributed by atoms with E-state index in [1.165, 1.54) is 17.5 Å². The monoisotopic (exact) mass is 219 g/mol. The van der Waals surface area contributed by atoms with E-state index in [4.69, 9.17) is 0 Å². The molecule has 2 aromatic rings. The molecule has 0 bridgehead atoms. The number of nitrogens with one attached hydrogen (secondary N) is 1. The highest BCUT2D eigenvalue weighted by Gasteiger charge is 2.07. The number of hydrogen-bond acceptors (Lipinski definition) is 4. The number of thiazole rings is 1. The van der Waals surface area contributed by atoms with Crippen LogP contribution in [0.4, 0.5) is 5.13 Å². The summed E-state index contributed by atoms with van der Waals surface area (Å²) in [6.07, 6.45) is 4.88. The van der Waals surface area contributed by atoms with Crippen molar-refractivity contribution in [2.24, 2.45) is 0 Å². The standard InChI is InChI=1S/C10H9N3OS/c1-7-5-12-10(15-7)13-9(14)8-3-2-4-11-6-8/h2-6H,1H3,(H,12,13,14). The van der Waals surface area contributed by atoms with Crippen LogP contribution in [0.3, 0.4) is 0 Å². The van der Waals surface area contributed by atoms with E-state index >= 15 is 0 Å². The lowest BCUT2D eigenvalue weighted by Crippen LogP contribution is -2.11. The van der Waals surface area contributed by atoms with Crippen LogP contribution in [-0.2, 0) is 0 Å². The highest BCUT2D eigenvalue weighted by atomic mass is 32.1. The quantitative estimate of drug-likeness (QED) is 0.841. The number of aromatic nitrogens is 2. The summed E-state index contributed by atoms with van der Waals surface area (Å²) in [5.41, 5.74) is 0.533. The van der Waals surface area contributed by atoms with Gasteiger partial charge in [0.05, 0.1) is 5.56 Å². The van der Waals surface area contributed by atoms with E-state index in [0.29, 0.717) is 10.7 Å². The third-order valence-corrected chi connectivity index (χ3v) is 2.59. The van der Waals surface area contributed by atoms with Crippen molar-refractivity contribution in [3.63, 3.8) is 0 Å². The van der Waals surface area contributed by atoms with Gasteiger partial charge in [-0.25, -0.2) is 4.98 Å². The van der Waals surface area contributed by atoms with Crippen molar-refractivity contribution in [2.45, 2.75) is 6.92 Å². The number of anilines is 1. The third kappa shape index (κ3) is 2.38. The van der Waals surface area contributed by atoms with E-state index in [9.17, 15) is 4.79 Å². The first-order chi connectivity index (χ1) is 7.25. The van der Waals surface area contributed by atoms with Crippen molar-refractivity contribution in [2.75, 3.05) is 5.32 Å². The maximum Gasteiger partial charge on any atom is 0.259 e. The van der Waals surface area contributed by atoms with E-state index in [1.807, 2.05) is 6.92 Å². The maximum absolute atomic E-state index is 11.6. The number of carbonyl (C=O) groups excluding carboxylic acids is 1. The molecule has 0 radical (unpaired) electrons. The first-order valence-corrected chi connectivity index (χ1v) is 5.21. The Hall–Kier alpha value is -1.75. The summed E-state index contributed by atoms with van der Waals surface area (Å²) in [6.45, 7) is 1.94. The van der Waals surface area contributed by atoms with Gasteiger partial charge in [0.25, 0.3) is 5.91 Å². The molecule has 0 aliphatic heterocycles. The Bertz CT molecular complexity index is 467. The van der Waals surface area contributed by atoms with Crippen molar-refractivity contribution in [3.8, 4) is 0 Å². The van der Waals surface area contributed by atoms with Crippen LogP contribution in [0.5, 0.6) is 0 Å². The van der Waals surface area contributed by atoms with Crippen LogP contribution in [0.2, 0.25) is 0 Å². The molecule has 0 saturated heterocycles. The van der Waals surface area contributed by atoms with Crippen molar-refractivity contribution in [1.29, 1.82) is 0 Å². The minimum atomic E-state index is -0.183. The molecule has 1 amide bonds. The van der Waals surface area contributed by atoms with E-state index in [1.54, 1.807) is 24.5 Å². The van der Waals surface area contributed by atoms with E-state index in [2.05, 4.69) is 15.3 Å². The molecule has 1 N–H and O–H groups in total. The SMILES string of the molecule is Cc1cnc(NC(=O)c2cccnc2)s1. The van der Waals surface area contributed by atoms with Crippen LogP contribution < -0.4 is 5.32 Å². The minimum absolute atomic E-state index is 0.183. The van der Waals surface area contributed by atoms with Crippen LogP contribution in [0.1, 0.15) is 15.2 Å². The zero-order valence-electron chi connectivity index (χ0n) is 8.10. The summed E-state index contributed by atoms with van der Waals surface area (Å²) >= 11 is 1.45. The van der Waals surface area contributed by atoms with E-state index in [0.717, 1.165) is 4.88 Å². The first kappa shape index (κ1) is 9.79. The minimum Gasteiger partial charge on any atom is -0.298 e. The molecule has 4 nitrogen and oxygen atoms in total. The van der Waals surface area contributed by atoms with Crippen molar-refractivity contribution in [1.82, 2.24) is 9.97 Å². The smallest absolute Gasteiger partial charge is 0.259 e. The fourth-order valence-corrected chi connectivity index (χ4v) is 1.74. The van der Waals surface area contributed by atoms with Crippen LogP contribution in [-0.4, -0.2) is 15.9 Å². The van der Waals surface area contributed by atoms with Gasteiger partial charge >= 0.3 is 0 Å². The van der Waals surface area contributed by atoms with Gasteiger partial charge in [0.1, 0.15) is 0 Å². The molecule has 0 aromatic carbocycles. The highest BCUT2D eigenvalue weighted by Crippen LogP contribution is 2.17. The largest absolute Gasteiger partial charge is 0.298 e. The molecule has 0 atom stereocenters. The predicted molar refractivity (Wildman–Crippen MR) is 59.0 cm³/mol. The number of carbonyl (C=O) groups is 1. The lowest BCUT2D eigenvalue weighted by Gasteiger charge is -1.99. The molecule has 0 aliphatic rings. The zero-order chi connectivity index (χ0) is 10.7. The molecule has 0 unspecified atom stereocenters. The summed E-state index contributed by atoms with van der Waals surface area (Å²) in [4.78, 5) is 20.6. The Kier molecular flexibility index (Phi) is 2.73. The van der Waals surface area contributed by atoms with Gasteiger partial charge < -0.3 is 0 Å². The number of amides is 1. The molecule has 0 aliphatic carbocycles. The van der Waals surface area contributed by atoms with Crippen molar-refractivity contribution in [3.05, 3.63) is 41.2 Å². The Morgan fingerprint density at radius 2 is 2.33 bits per heavy atom. The second-order valence-corrected chi connectivity index (χ2v) is 4.21. The number of pyridine rings is 1. The molecule has 2 heterocycles. The average Bonchev–Trinajstić information content (AvgIpc) is 2.65. The Morgan fingerprint density at radius 3 is 2.93 bits per heavy atom. The summed E-state index contributed by atoms with van der Waals surface area (Å²) in [5, 5.41) is 3.32. The Balaban J connectivity index is 2.11. The third-order valence-electron chi connectivity index (χ3n) is 1.77. The van der Waals surface area contributed by atoms with E-state index in [-0.39, 0.29) is 5.91 Å². The molecular weight excluding hydrogens is 210 g/mol. The summed E-state index contributed by atoms with van der Waals surface area (Å²) in [7, 11) is 0. The fourth-order valence-electron chi connectivity index (χ4n) is 1.08. The van der Waals surface area contributed by atoms with Crippen LogP contribution in [0.25, 0.3) is 0 Å². The topological polar surface area (TPSA) is 54.9 Å². The average molecular weight is 219 g/mol. The molecule has 0 spiro atoms. The van der Waals surface area contributed by atoms with Gasteiger partial charge in [0.15, 0.2) is 5.13 Å². The van der Waals surface area contributed by atoms with Crippen LogP contribution in [0, 0.1) is 6.92 Å². The summed E-state index contributed by atoms with van der Waals surface area (Å²) in [5.74, 6) is -0.183. The molecule has 76 valence electrons. The summed E-state index contributed by atoms with van der Waals surface area (Å²) in [6, 6.07) is 3.44. The normalized spacial score (nSPS) is 9.93. The molecule has 15 heavy (non-hydrogen) atoms. The number of hydrogen-bond donors (Lipinski definition) is 1. The molecular formula is C10H9N3OS. The molecule has 0 saturated carbocycles. The van der Waals surface area contributed by atoms with Gasteiger partial charge in [-0.15, -0.1) is 11.3 Å². The van der Waals surface area contributed by atoms with Gasteiger partial charge in [-0.2, -0.15) is 0 Å². The van der Waals surface area contributed by atoms with Crippen LogP contribution >= 0.6 is 11.3 Å². The lowest BCUT2D eigenvalue weighted by molar-refractivity contribution is 0.102. The van der Waals surface area contributed by atoms with Gasteiger partial charge in [0.2, 0.25) is 0 Å². The first-order valence-electron chi connectivity index (χ1n) is 4.39.